The molecule has 1 aromatic rings. The standard InChI is InChI=1S/C13H22N2O3S/c1-4-13(2,3)15-19(16,17)12-8-7-11(18-12)9-14-10-5-6-10/h7-8,10,14-15H,4-6,9H2,1-3H3. The molecule has 0 unspecified atom stereocenters. The largest absolute Gasteiger partial charge is 0.447 e. The molecule has 0 bridgehead atoms. The summed E-state index contributed by atoms with van der Waals surface area (Å²) in [5.41, 5.74) is -0.474. The minimum atomic E-state index is -3.58. The van der Waals surface area contributed by atoms with Crippen LogP contribution in [0.1, 0.15) is 45.8 Å². The lowest BCUT2D eigenvalue weighted by Crippen LogP contribution is -2.42. The van der Waals surface area contributed by atoms with Crippen LogP contribution < -0.4 is 10.0 Å². The Bertz CT molecular complexity index is 530. The maximum atomic E-state index is 12.1. The molecule has 0 saturated heterocycles. The van der Waals surface area contributed by atoms with E-state index in [1.165, 1.54) is 18.9 Å². The molecular formula is C13H22N2O3S. The molecule has 0 atom stereocenters. The summed E-state index contributed by atoms with van der Waals surface area (Å²) in [6.45, 7) is 6.22. The Kier molecular flexibility index (Phi) is 4.03. The molecule has 1 fully saturated rings. The van der Waals surface area contributed by atoms with Crippen LogP contribution in [0.2, 0.25) is 0 Å². The molecule has 0 amide bonds. The van der Waals surface area contributed by atoms with Gasteiger partial charge in [0.25, 0.3) is 10.0 Å². The minimum absolute atomic E-state index is 0.0124. The molecule has 108 valence electrons. The topological polar surface area (TPSA) is 71.3 Å². The summed E-state index contributed by atoms with van der Waals surface area (Å²) in [5, 5.41) is 3.28. The van der Waals surface area contributed by atoms with E-state index in [2.05, 4.69) is 10.0 Å². The van der Waals surface area contributed by atoms with Gasteiger partial charge in [-0.15, -0.1) is 0 Å². The maximum Gasteiger partial charge on any atom is 0.274 e. The van der Waals surface area contributed by atoms with Gasteiger partial charge in [0, 0.05) is 11.6 Å². The number of furan rings is 1. The third kappa shape index (κ3) is 4.06. The molecule has 0 radical (unpaired) electrons. The van der Waals surface area contributed by atoms with Gasteiger partial charge in [0.2, 0.25) is 5.09 Å². The van der Waals surface area contributed by atoms with Crippen LogP contribution in [0.15, 0.2) is 21.6 Å². The van der Waals surface area contributed by atoms with Crippen molar-refractivity contribution in [2.75, 3.05) is 0 Å². The molecule has 2 rings (SSSR count). The molecular weight excluding hydrogens is 264 g/mol. The van der Waals surface area contributed by atoms with Gasteiger partial charge in [-0.25, -0.2) is 13.1 Å². The van der Waals surface area contributed by atoms with Crippen LogP contribution in [0.5, 0.6) is 0 Å². The average molecular weight is 286 g/mol. The highest BCUT2D eigenvalue weighted by molar-refractivity contribution is 7.89. The molecule has 1 saturated carbocycles. The van der Waals surface area contributed by atoms with Crippen LogP contribution in [0.25, 0.3) is 0 Å². The van der Waals surface area contributed by atoms with Gasteiger partial charge in [0.1, 0.15) is 5.76 Å². The van der Waals surface area contributed by atoms with E-state index >= 15 is 0 Å². The Morgan fingerprint density at radius 1 is 1.37 bits per heavy atom. The first-order chi connectivity index (χ1) is 8.82. The highest BCUT2D eigenvalue weighted by Crippen LogP contribution is 2.21. The second kappa shape index (κ2) is 5.26. The maximum absolute atomic E-state index is 12.1. The number of hydrogen-bond donors (Lipinski definition) is 2. The molecule has 2 N–H and O–H groups in total. The SMILES string of the molecule is CCC(C)(C)NS(=O)(=O)c1ccc(CNC2CC2)o1. The summed E-state index contributed by atoms with van der Waals surface area (Å²) in [7, 11) is -3.58. The predicted molar refractivity (Wildman–Crippen MR) is 73.3 cm³/mol. The summed E-state index contributed by atoms with van der Waals surface area (Å²) >= 11 is 0. The van der Waals surface area contributed by atoms with Crippen molar-refractivity contribution in [3.05, 3.63) is 17.9 Å². The van der Waals surface area contributed by atoms with Crippen LogP contribution in [0.3, 0.4) is 0 Å². The van der Waals surface area contributed by atoms with Gasteiger partial charge in [0.15, 0.2) is 0 Å². The zero-order valence-corrected chi connectivity index (χ0v) is 12.5. The van der Waals surface area contributed by atoms with Gasteiger partial charge < -0.3 is 9.73 Å². The highest BCUT2D eigenvalue weighted by Gasteiger charge is 2.27. The normalized spacial score (nSPS) is 16.8. The third-order valence-corrected chi connectivity index (χ3v) is 4.91. The lowest BCUT2D eigenvalue weighted by molar-refractivity contribution is 0.385. The van der Waals surface area contributed by atoms with E-state index in [0.29, 0.717) is 24.8 Å². The third-order valence-electron chi connectivity index (χ3n) is 3.34. The zero-order chi connectivity index (χ0) is 14.1. The first-order valence-corrected chi connectivity index (χ1v) is 8.17. The quantitative estimate of drug-likeness (QED) is 0.804. The minimum Gasteiger partial charge on any atom is -0.447 e. The van der Waals surface area contributed by atoms with Gasteiger partial charge in [-0.2, -0.15) is 0 Å². The molecule has 1 aliphatic rings. The Labute approximate surface area is 114 Å². The van der Waals surface area contributed by atoms with Crippen LogP contribution >= 0.6 is 0 Å². The smallest absolute Gasteiger partial charge is 0.274 e. The lowest BCUT2D eigenvalue weighted by atomic mass is 10.0. The highest BCUT2D eigenvalue weighted by atomic mass is 32.2. The number of hydrogen-bond acceptors (Lipinski definition) is 4. The Balaban J connectivity index is 2.03. The fourth-order valence-electron chi connectivity index (χ4n) is 1.62. The summed E-state index contributed by atoms with van der Waals surface area (Å²) in [6.07, 6.45) is 3.10. The molecule has 1 heterocycles. The molecule has 0 aliphatic heterocycles. The Morgan fingerprint density at radius 3 is 2.63 bits per heavy atom. The van der Waals surface area contributed by atoms with Crippen LogP contribution in [0, 0.1) is 0 Å². The van der Waals surface area contributed by atoms with E-state index in [-0.39, 0.29) is 5.09 Å². The zero-order valence-electron chi connectivity index (χ0n) is 11.7. The van der Waals surface area contributed by atoms with E-state index in [1.54, 1.807) is 6.07 Å². The van der Waals surface area contributed by atoms with Crippen molar-refractivity contribution in [1.29, 1.82) is 0 Å². The van der Waals surface area contributed by atoms with Crippen molar-refractivity contribution >= 4 is 10.0 Å². The van der Waals surface area contributed by atoms with Crippen LogP contribution in [-0.4, -0.2) is 20.0 Å². The number of sulfonamides is 1. The molecule has 1 aromatic heterocycles. The Hall–Kier alpha value is -0.850. The van der Waals surface area contributed by atoms with Crippen LogP contribution in [-0.2, 0) is 16.6 Å². The van der Waals surface area contributed by atoms with Gasteiger partial charge in [-0.1, -0.05) is 6.92 Å². The van der Waals surface area contributed by atoms with Gasteiger partial charge in [0.05, 0.1) is 6.54 Å². The summed E-state index contributed by atoms with van der Waals surface area (Å²) in [6, 6.07) is 3.79. The number of nitrogens with one attached hydrogen (secondary N) is 2. The molecule has 5 nitrogen and oxygen atoms in total. The average Bonchev–Trinajstić information content (AvgIpc) is 3.01. The fourth-order valence-corrected chi connectivity index (χ4v) is 3.05. The summed E-state index contributed by atoms with van der Waals surface area (Å²) < 4.78 is 32.3. The second-order valence-corrected chi connectivity index (χ2v) is 7.33. The molecule has 6 heteroatoms. The van der Waals surface area contributed by atoms with Gasteiger partial charge in [-0.3, -0.25) is 0 Å². The van der Waals surface area contributed by atoms with Crippen molar-refractivity contribution in [3.8, 4) is 0 Å². The first-order valence-electron chi connectivity index (χ1n) is 6.68. The van der Waals surface area contributed by atoms with E-state index in [9.17, 15) is 8.42 Å². The first kappa shape index (κ1) is 14.6. The molecule has 1 aliphatic carbocycles. The van der Waals surface area contributed by atoms with Gasteiger partial charge in [-0.05, 0) is 45.2 Å². The van der Waals surface area contributed by atoms with Crippen molar-refractivity contribution in [2.45, 2.75) is 63.3 Å². The van der Waals surface area contributed by atoms with E-state index in [0.717, 1.165) is 0 Å². The fraction of sp³-hybridized carbons (Fsp3) is 0.692. The van der Waals surface area contributed by atoms with E-state index < -0.39 is 15.6 Å². The molecule has 0 spiro atoms. The van der Waals surface area contributed by atoms with Crippen molar-refractivity contribution in [3.63, 3.8) is 0 Å². The predicted octanol–water partition coefficient (Wildman–Crippen LogP) is 2.00. The van der Waals surface area contributed by atoms with Crippen molar-refractivity contribution in [1.82, 2.24) is 10.0 Å². The van der Waals surface area contributed by atoms with Gasteiger partial charge >= 0.3 is 0 Å². The summed E-state index contributed by atoms with van der Waals surface area (Å²) in [4.78, 5) is 0. The molecule has 0 aromatic carbocycles. The monoisotopic (exact) mass is 286 g/mol. The Morgan fingerprint density at radius 2 is 2.05 bits per heavy atom. The second-order valence-electron chi connectivity index (χ2n) is 5.72. The summed E-state index contributed by atoms with van der Waals surface area (Å²) in [5.74, 6) is 0.654. The van der Waals surface area contributed by atoms with E-state index in [1.807, 2.05) is 20.8 Å². The van der Waals surface area contributed by atoms with Crippen molar-refractivity contribution < 1.29 is 12.8 Å². The lowest BCUT2D eigenvalue weighted by Gasteiger charge is -2.23. The van der Waals surface area contributed by atoms with Crippen molar-refractivity contribution in [2.24, 2.45) is 0 Å². The van der Waals surface area contributed by atoms with Crippen LogP contribution in [0.4, 0.5) is 0 Å². The molecule has 19 heavy (non-hydrogen) atoms. The number of rotatable bonds is 7. The van der Waals surface area contributed by atoms with E-state index in [4.69, 9.17) is 4.42 Å².